The highest BCUT2D eigenvalue weighted by molar-refractivity contribution is 5.75. The summed E-state index contributed by atoms with van der Waals surface area (Å²) < 4.78 is 0. The van der Waals surface area contributed by atoms with Crippen LogP contribution in [0.1, 0.15) is 32.6 Å². The van der Waals surface area contributed by atoms with Crippen LogP contribution < -0.4 is 11.1 Å². The van der Waals surface area contributed by atoms with Crippen molar-refractivity contribution in [3.63, 3.8) is 0 Å². The maximum Gasteiger partial charge on any atom is 0.219 e. The standard InChI is InChI=1S/C11H25N3O/c1-3-8-14(10-5-7-12)9-4-6-11(15)13-2/h3-10,12H2,1-2H3,(H,13,15). The molecule has 0 spiro atoms. The third-order valence-corrected chi connectivity index (χ3v) is 2.38. The molecule has 0 saturated heterocycles. The second-order valence-electron chi connectivity index (χ2n) is 3.76. The fraction of sp³-hybridized carbons (Fsp3) is 0.909. The molecule has 0 aromatic heterocycles. The number of amides is 1. The molecule has 0 heterocycles. The lowest BCUT2D eigenvalue weighted by Gasteiger charge is -2.20. The van der Waals surface area contributed by atoms with Crippen LogP contribution >= 0.6 is 0 Å². The summed E-state index contributed by atoms with van der Waals surface area (Å²) in [5.41, 5.74) is 5.48. The van der Waals surface area contributed by atoms with Gasteiger partial charge in [0.2, 0.25) is 5.91 Å². The Kier molecular flexibility index (Phi) is 9.52. The van der Waals surface area contributed by atoms with Crippen LogP contribution in [0.4, 0.5) is 0 Å². The molecule has 4 heteroatoms. The van der Waals surface area contributed by atoms with E-state index >= 15 is 0 Å². The lowest BCUT2D eigenvalue weighted by molar-refractivity contribution is -0.120. The minimum Gasteiger partial charge on any atom is -0.359 e. The highest BCUT2D eigenvalue weighted by Crippen LogP contribution is 1.98. The molecule has 0 aromatic carbocycles. The van der Waals surface area contributed by atoms with E-state index in [1.54, 1.807) is 7.05 Å². The summed E-state index contributed by atoms with van der Waals surface area (Å²) in [6, 6.07) is 0. The van der Waals surface area contributed by atoms with Crippen LogP contribution in [-0.2, 0) is 4.79 Å². The minimum atomic E-state index is 0.130. The predicted molar refractivity (Wildman–Crippen MR) is 63.7 cm³/mol. The van der Waals surface area contributed by atoms with Gasteiger partial charge in [-0.2, -0.15) is 0 Å². The molecular formula is C11H25N3O. The van der Waals surface area contributed by atoms with E-state index in [2.05, 4.69) is 17.1 Å². The van der Waals surface area contributed by atoms with Gasteiger partial charge in [0.25, 0.3) is 0 Å². The van der Waals surface area contributed by atoms with Crippen LogP contribution in [0.25, 0.3) is 0 Å². The fourth-order valence-electron chi connectivity index (χ4n) is 1.55. The Hall–Kier alpha value is -0.610. The summed E-state index contributed by atoms with van der Waals surface area (Å²) in [4.78, 5) is 13.4. The van der Waals surface area contributed by atoms with Crippen LogP contribution in [0.2, 0.25) is 0 Å². The first-order valence-electron chi connectivity index (χ1n) is 5.87. The predicted octanol–water partition coefficient (Wildman–Crippen LogP) is 0.573. The molecular weight excluding hydrogens is 190 g/mol. The lowest BCUT2D eigenvalue weighted by Crippen LogP contribution is -2.29. The Labute approximate surface area is 93.2 Å². The third kappa shape index (κ3) is 8.39. The number of nitrogens with zero attached hydrogens (tertiary/aromatic N) is 1. The van der Waals surface area contributed by atoms with E-state index in [1.807, 2.05) is 0 Å². The normalized spacial score (nSPS) is 10.7. The minimum absolute atomic E-state index is 0.130. The van der Waals surface area contributed by atoms with Crippen molar-refractivity contribution in [3.05, 3.63) is 0 Å². The van der Waals surface area contributed by atoms with Gasteiger partial charge in [0, 0.05) is 13.5 Å². The fourth-order valence-corrected chi connectivity index (χ4v) is 1.55. The van der Waals surface area contributed by atoms with Gasteiger partial charge in [-0.25, -0.2) is 0 Å². The van der Waals surface area contributed by atoms with E-state index in [-0.39, 0.29) is 5.91 Å². The topological polar surface area (TPSA) is 58.4 Å². The zero-order chi connectivity index (χ0) is 11.5. The summed E-state index contributed by atoms with van der Waals surface area (Å²) in [5.74, 6) is 0.130. The quantitative estimate of drug-likeness (QED) is 0.591. The van der Waals surface area contributed by atoms with Crippen LogP contribution in [-0.4, -0.2) is 44.0 Å². The van der Waals surface area contributed by atoms with Crippen molar-refractivity contribution in [2.45, 2.75) is 32.6 Å². The summed E-state index contributed by atoms with van der Waals surface area (Å²) in [7, 11) is 1.68. The van der Waals surface area contributed by atoms with Crippen molar-refractivity contribution in [2.75, 3.05) is 33.2 Å². The van der Waals surface area contributed by atoms with E-state index in [1.165, 1.54) is 0 Å². The second-order valence-corrected chi connectivity index (χ2v) is 3.76. The Bertz CT molecular complexity index is 162. The Balaban J connectivity index is 3.60. The van der Waals surface area contributed by atoms with Crippen molar-refractivity contribution in [1.29, 1.82) is 0 Å². The van der Waals surface area contributed by atoms with Crippen molar-refractivity contribution >= 4 is 5.91 Å². The molecule has 0 radical (unpaired) electrons. The van der Waals surface area contributed by atoms with E-state index < -0.39 is 0 Å². The molecule has 0 aromatic rings. The zero-order valence-corrected chi connectivity index (χ0v) is 10.1. The van der Waals surface area contributed by atoms with Gasteiger partial charge in [-0.1, -0.05) is 6.92 Å². The van der Waals surface area contributed by atoms with E-state index in [0.717, 1.165) is 45.4 Å². The van der Waals surface area contributed by atoms with Crippen LogP contribution in [0, 0.1) is 0 Å². The highest BCUT2D eigenvalue weighted by atomic mass is 16.1. The lowest BCUT2D eigenvalue weighted by atomic mass is 10.2. The number of nitrogens with two attached hydrogens (primary N) is 1. The first-order valence-corrected chi connectivity index (χ1v) is 5.87. The smallest absolute Gasteiger partial charge is 0.219 e. The zero-order valence-electron chi connectivity index (χ0n) is 10.1. The first-order chi connectivity index (χ1) is 7.24. The van der Waals surface area contributed by atoms with Gasteiger partial charge in [-0.05, 0) is 45.4 Å². The molecule has 0 saturated carbocycles. The Morgan fingerprint density at radius 3 is 2.47 bits per heavy atom. The SMILES string of the molecule is CCCN(CCCN)CCCC(=O)NC. The second kappa shape index (κ2) is 9.93. The monoisotopic (exact) mass is 215 g/mol. The summed E-state index contributed by atoms with van der Waals surface area (Å²) >= 11 is 0. The van der Waals surface area contributed by atoms with Gasteiger partial charge < -0.3 is 16.0 Å². The molecule has 0 fully saturated rings. The molecule has 4 nitrogen and oxygen atoms in total. The van der Waals surface area contributed by atoms with Crippen molar-refractivity contribution < 1.29 is 4.79 Å². The van der Waals surface area contributed by atoms with Crippen LogP contribution in [0.15, 0.2) is 0 Å². The highest BCUT2D eigenvalue weighted by Gasteiger charge is 2.04. The van der Waals surface area contributed by atoms with E-state index in [0.29, 0.717) is 6.42 Å². The van der Waals surface area contributed by atoms with Crippen molar-refractivity contribution in [3.8, 4) is 0 Å². The van der Waals surface area contributed by atoms with Gasteiger partial charge in [0.05, 0.1) is 0 Å². The summed E-state index contributed by atoms with van der Waals surface area (Å²) in [6.07, 6.45) is 3.76. The maximum absolute atomic E-state index is 11.0. The molecule has 3 N–H and O–H groups in total. The van der Waals surface area contributed by atoms with Crippen LogP contribution in [0.5, 0.6) is 0 Å². The number of carbonyl (C=O) groups excluding carboxylic acids is 1. The molecule has 0 bridgehead atoms. The molecule has 15 heavy (non-hydrogen) atoms. The van der Waals surface area contributed by atoms with E-state index in [9.17, 15) is 4.79 Å². The van der Waals surface area contributed by atoms with Crippen LogP contribution in [0.3, 0.4) is 0 Å². The molecule has 0 rings (SSSR count). The number of hydrogen-bond acceptors (Lipinski definition) is 3. The number of rotatable bonds is 9. The molecule has 90 valence electrons. The van der Waals surface area contributed by atoms with Gasteiger partial charge in [0.15, 0.2) is 0 Å². The number of hydrogen-bond donors (Lipinski definition) is 2. The Morgan fingerprint density at radius 1 is 1.27 bits per heavy atom. The largest absolute Gasteiger partial charge is 0.359 e. The average Bonchev–Trinajstić information content (AvgIpc) is 2.25. The number of nitrogens with one attached hydrogen (secondary N) is 1. The molecule has 0 aliphatic rings. The Morgan fingerprint density at radius 2 is 1.93 bits per heavy atom. The number of carbonyl (C=O) groups is 1. The third-order valence-electron chi connectivity index (χ3n) is 2.38. The average molecular weight is 215 g/mol. The molecule has 0 atom stereocenters. The van der Waals surface area contributed by atoms with Crippen molar-refractivity contribution in [2.24, 2.45) is 5.73 Å². The maximum atomic E-state index is 11.0. The van der Waals surface area contributed by atoms with Gasteiger partial charge in [-0.3, -0.25) is 4.79 Å². The molecule has 0 aliphatic heterocycles. The summed E-state index contributed by atoms with van der Waals surface area (Å²) in [6.45, 7) is 6.08. The molecule has 0 unspecified atom stereocenters. The van der Waals surface area contributed by atoms with Gasteiger partial charge in [-0.15, -0.1) is 0 Å². The van der Waals surface area contributed by atoms with Gasteiger partial charge >= 0.3 is 0 Å². The van der Waals surface area contributed by atoms with E-state index in [4.69, 9.17) is 5.73 Å². The van der Waals surface area contributed by atoms with Crippen molar-refractivity contribution in [1.82, 2.24) is 10.2 Å². The summed E-state index contributed by atoms with van der Waals surface area (Å²) in [5, 5.41) is 2.64. The van der Waals surface area contributed by atoms with Gasteiger partial charge in [0.1, 0.15) is 0 Å². The molecule has 0 aliphatic carbocycles. The molecule has 1 amide bonds. The first kappa shape index (κ1) is 14.4.